The average molecular weight is 229 g/mol. The zero-order valence-corrected chi connectivity index (χ0v) is 10.5. The number of ketones is 1. The number of carbonyl (C=O) groups is 1. The summed E-state index contributed by atoms with van der Waals surface area (Å²) >= 11 is 0. The van der Waals surface area contributed by atoms with Crippen molar-refractivity contribution in [2.75, 3.05) is 6.54 Å². The second-order valence-electron chi connectivity index (χ2n) is 4.93. The SMILES string of the molecule is CC(=O)CC[C@H]1C[C@@H](CCN)OC(C)(C)O1. The molecule has 0 amide bonds. The van der Waals surface area contributed by atoms with E-state index in [1.807, 2.05) is 13.8 Å². The number of hydrogen-bond acceptors (Lipinski definition) is 4. The highest BCUT2D eigenvalue weighted by molar-refractivity contribution is 5.75. The molecule has 0 bridgehead atoms. The Bertz CT molecular complexity index is 240. The smallest absolute Gasteiger partial charge is 0.163 e. The fourth-order valence-corrected chi connectivity index (χ4v) is 2.12. The third kappa shape index (κ3) is 4.60. The Morgan fingerprint density at radius 2 is 1.88 bits per heavy atom. The van der Waals surface area contributed by atoms with Gasteiger partial charge in [-0.1, -0.05) is 0 Å². The summed E-state index contributed by atoms with van der Waals surface area (Å²) in [6, 6.07) is 0. The Hall–Kier alpha value is -0.450. The van der Waals surface area contributed by atoms with E-state index in [0.29, 0.717) is 13.0 Å². The molecule has 1 aliphatic heterocycles. The van der Waals surface area contributed by atoms with Crippen molar-refractivity contribution in [2.24, 2.45) is 5.73 Å². The molecule has 1 saturated heterocycles. The van der Waals surface area contributed by atoms with Crippen molar-refractivity contribution in [3.8, 4) is 0 Å². The lowest BCUT2D eigenvalue weighted by molar-refractivity contribution is -0.300. The zero-order valence-electron chi connectivity index (χ0n) is 10.5. The topological polar surface area (TPSA) is 61.6 Å². The zero-order chi connectivity index (χ0) is 12.2. The molecule has 16 heavy (non-hydrogen) atoms. The van der Waals surface area contributed by atoms with Crippen molar-refractivity contribution >= 4 is 5.78 Å². The van der Waals surface area contributed by atoms with Crippen LogP contribution in [-0.2, 0) is 14.3 Å². The van der Waals surface area contributed by atoms with Crippen molar-refractivity contribution in [2.45, 2.75) is 64.4 Å². The Kier molecular flexibility index (Phi) is 4.89. The highest BCUT2D eigenvalue weighted by atomic mass is 16.7. The molecule has 94 valence electrons. The summed E-state index contributed by atoms with van der Waals surface area (Å²) in [5.41, 5.74) is 5.54. The van der Waals surface area contributed by atoms with E-state index < -0.39 is 5.79 Å². The van der Waals surface area contributed by atoms with Crippen LogP contribution in [0.3, 0.4) is 0 Å². The summed E-state index contributed by atoms with van der Waals surface area (Å²) in [5, 5.41) is 0. The van der Waals surface area contributed by atoms with E-state index in [0.717, 1.165) is 19.3 Å². The summed E-state index contributed by atoms with van der Waals surface area (Å²) < 4.78 is 11.5. The lowest BCUT2D eigenvalue weighted by Crippen LogP contribution is -2.45. The van der Waals surface area contributed by atoms with Gasteiger partial charge in [-0.25, -0.2) is 0 Å². The predicted molar refractivity (Wildman–Crippen MR) is 62.0 cm³/mol. The normalized spacial score (nSPS) is 29.0. The molecule has 0 aromatic heterocycles. The maximum atomic E-state index is 10.9. The second kappa shape index (κ2) is 5.75. The van der Waals surface area contributed by atoms with Crippen LogP contribution in [0.25, 0.3) is 0 Å². The van der Waals surface area contributed by atoms with Crippen molar-refractivity contribution in [3.63, 3.8) is 0 Å². The Morgan fingerprint density at radius 1 is 1.31 bits per heavy atom. The fraction of sp³-hybridized carbons (Fsp3) is 0.917. The third-order valence-corrected chi connectivity index (χ3v) is 2.73. The van der Waals surface area contributed by atoms with Gasteiger partial charge in [0.15, 0.2) is 5.79 Å². The first kappa shape index (κ1) is 13.6. The molecule has 2 atom stereocenters. The average Bonchev–Trinajstić information content (AvgIpc) is 2.12. The summed E-state index contributed by atoms with van der Waals surface area (Å²) in [6.07, 6.45) is 3.33. The van der Waals surface area contributed by atoms with Crippen LogP contribution in [0, 0.1) is 0 Å². The number of hydrogen-bond donors (Lipinski definition) is 1. The minimum Gasteiger partial charge on any atom is -0.347 e. The van der Waals surface area contributed by atoms with Crippen molar-refractivity contribution in [3.05, 3.63) is 0 Å². The van der Waals surface area contributed by atoms with Gasteiger partial charge < -0.3 is 20.0 Å². The number of ether oxygens (including phenoxy) is 2. The van der Waals surface area contributed by atoms with Crippen LogP contribution >= 0.6 is 0 Å². The molecule has 0 aromatic carbocycles. The summed E-state index contributed by atoms with van der Waals surface area (Å²) in [6.45, 7) is 6.06. The van der Waals surface area contributed by atoms with E-state index in [1.165, 1.54) is 0 Å². The van der Waals surface area contributed by atoms with Gasteiger partial charge >= 0.3 is 0 Å². The quantitative estimate of drug-likeness (QED) is 0.778. The molecule has 0 aromatic rings. The lowest BCUT2D eigenvalue weighted by atomic mass is 10.0. The van der Waals surface area contributed by atoms with Crippen LogP contribution in [0.15, 0.2) is 0 Å². The molecular weight excluding hydrogens is 206 g/mol. The van der Waals surface area contributed by atoms with Gasteiger partial charge in [0.2, 0.25) is 0 Å². The van der Waals surface area contributed by atoms with Crippen LogP contribution in [-0.4, -0.2) is 30.3 Å². The molecular formula is C12H23NO3. The van der Waals surface area contributed by atoms with E-state index >= 15 is 0 Å². The van der Waals surface area contributed by atoms with Crippen LogP contribution in [0.4, 0.5) is 0 Å². The molecule has 1 rings (SSSR count). The summed E-state index contributed by atoms with van der Waals surface area (Å²) in [5.74, 6) is -0.345. The van der Waals surface area contributed by atoms with Crippen molar-refractivity contribution in [1.29, 1.82) is 0 Å². The monoisotopic (exact) mass is 229 g/mol. The number of Topliss-reactive ketones (excluding diaryl/α,β-unsaturated/α-hetero) is 1. The molecule has 0 spiro atoms. The van der Waals surface area contributed by atoms with Gasteiger partial charge in [0.05, 0.1) is 12.2 Å². The minimum absolute atomic E-state index is 0.115. The summed E-state index contributed by atoms with van der Waals surface area (Å²) in [7, 11) is 0. The minimum atomic E-state index is -0.556. The Balaban J connectivity index is 2.47. The second-order valence-corrected chi connectivity index (χ2v) is 4.93. The molecule has 1 fully saturated rings. The Labute approximate surface area is 97.5 Å². The van der Waals surface area contributed by atoms with Crippen molar-refractivity contribution in [1.82, 2.24) is 0 Å². The molecule has 0 unspecified atom stereocenters. The van der Waals surface area contributed by atoms with Gasteiger partial charge in [0, 0.05) is 12.8 Å². The van der Waals surface area contributed by atoms with Gasteiger partial charge in [0.25, 0.3) is 0 Å². The van der Waals surface area contributed by atoms with Gasteiger partial charge in [-0.05, 0) is 40.2 Å². The molecule has 0 saturated carbocycles. The molecule has 2 N–H and O–H groups in total. The van der Waals surface area contributed by atoms with Crippen LogP contribution < -0.4 is 5.73 Å². The fourth-order valence-electron chi connectivity index (χ4n) is 2.12. The molecule has 1 aliphatic rings. The first-order valence-corrected chi connectivity index (χ1v) is 5.98. The number of rotatable bonds is 5. The molecule has 0 aliphatic carbocycles. The van der Waals surface area contributed by atoms with Gasteiger partial charge in [-0.3, -0.25) is 0 Å². The standard InChI is InChI=1S/C12H23NO3/c1-9(14)4-5-10-8-11(6-7-13)16-12(2,3)15-10/h10-11H,4-8,13H2,1-3H3/t10-,11+/m0/s1. The van der Waals surface area contributed by atoms with E-state index in [2.05, 4.69) is 0 Å². The number of carbonyl (C=O) groups excluding carboxylic acids is 1. The van der Waals surface area contributed by atoms with E-state index in [1.54, 1.807) is 6.92 Å². The lowest BCUT2D eigenvalue weighted by Gasteiger charge is -2.40. The highest BCUT2D eigenvalue weighted by Crippen LogP contribution is 2.30. The van der Waals surface area contributed by atoms with Gasteiger partial charge in [-0.15, -0.1) is 0 Å². The van der Waals surface area contributed by atoms with Crippen LogP contribution in [0.2, 0.25) is 0 Å². The molecule has 0 radical (unpaired) electrons. The maximum Gasteiger partial charge on any atom is 0.163 e. The van der Waals surface area contributed by atoms with Gasteiger partial charge in [-0.2, -0.15) is 0 Å². The molecule has 4 heteroatoms. The van der Waals surface area contributed by atoms with E-state index in [-0.39, 0.29) is 18.0 Å². The first-order valence-electron chi connectivity index (χ1n) is 5.98. The first-order chi connectivity index (χ1) is 7.43. The van der Waals surface area contributed by atoms with Crippen LogP contribution in [0.1, 0.15) is 46.5 Å². The van der Waals surface area contributed by atoms with Gasteiger partial charge in [0.1, 0.15) is 5.78 Å². The molecule has 4 nitrogen and oxygen atoms in total. The van der Waals surface area contributed by atoms with E-state index in [4.69, 9.17) is 15.2 Å². The predicted octanol–water partition coefficient (Wildman–Crippen LogP) is 1.61. The third-order valence-electron chi connectivity index (χ3n) is 2.73. The maximum absolute atomic E-state index is 10.9. The Morgan fingerprint density at radius 3 is 2.38 bits per heavy atom. The summed E-state index contributed by atoms with van der Waals surface area (Å²) in [4.78, 5) is 10.9. The van der Waals surface area contributed by atoms with E-state index in [9.17, 15) is 4.79 Å². The molecule has 1 heterocycles. The van der Waals surface area contributed by atoms with Crippen molar-refractivity contribution < 1.29 is 14.3 Å². The largest absolute Gasteiger partial charge is 0.347 e. The highest BCUT2D eigenvalue weighted by Gasteiger charge is 2.34. The number of nitrogens with two attached hydrogens (primary N) is 1. The van der Waals surface area contributed by atoms with Crippen LogP contribution in [0.5, 0.6) is 0 Å².